The highest BCUT2D eigenvalue weighted by Gasteiger charge is 2.36. The molecule has 5 nitrogen and oxygen atoms in total. The second kappa shape index (κ2) is 3.34. The molecule has 80 valence electrons. The zero-order chi connectivity index (χ0) is 11.1. The van der Waals surface area contributed by atoms with Crippen molar-refractivity contribution in [1.29, 1.82) is 0 Å². The van der Waals surface area contributed by atoms with Crippen molar-refractivity contribution < 1.29 is 4.79 Å². The Balaban J connectivity index is 2.43. The number of rotatable bonds is 1. The first-order chi connectivity index (χ1) is 7.05. The van der Waals surface area contributed by atoms with Crippen molar-refractivity contribution in [2.75, 3.05) is 10.6 Å². The molecule has 0 radical (unpaired) electrons. The molecule has 0 saturated carbocycles. The molecule has 6 heteroatoms. The fraction of sp³-hybridized carbons (Fsp3) is 0.444. The summed E-state index contributed by atoms with van der Waals surface area (Å²) in [5, 5.41) is 5.97. The summed E-state index contributed by atoms with van der Waals surface area (Å²) in [5.74, 6) is 0.488. The second-order valence-electron chi connectivity index (χ2n) is 3.67. The maximum absolute atomic E-state index is 11.7. The molecule has 0 spiro atoms. The predicted molar refractivity (Wildman–Crippen MR) is 58.0 cm³/mol. The van der Waals surface area contributed by atoms with Gasteiger partial charge in [0.2, 0.25) is 11.2 Å². The summed E-state index contributed by atoms with van der Waals surface area (Å²) in [6.45, 7) is 3.75. The number of aromatic nitrogens is 2. The summed E-state index contributed by atoms with van der Waals surface area (Å²) in [5.41, 5.74) is -0.0691. The van der Waals surface area contributed by atoms with Crippen molar-refractivity contribution >= 4 is 29.0 Å². The predicted octanol–water partition coefficient (Wildman–Crippen LogP) is 1.66. The maximum atomic E-state index is 11.7. The molecular weight excluding hydrogens is 216 g/mol. The van der Waals surface area contributed by atoms with Crippen LogP contribution >= 0.6 is 11.6 Å². The standard InChI is InChI=1S/C9H11ClN4O/c1-3-9(2)7(15)12-5-4-11-8(10)13-6(5)14-9/h4H,3H2,1-2H3,(H,12,15)(H,11,13,14)/t9-/m1/s1. The number of halogens is 1. The molecule has 0 aromatic carbocycles. The van der Waals surface area contributed by atoms with Gasteiger partial charge in [-0.15, -0.1) is 0 Å². The van der Waals surface area contributed by atoms with E-state index < -0.39 is 5.54 Å². The fourth-order valence-electron chi connectivity index (χ4n) is 1.37. The van der Waals surface area contributed by atoms with Gasteiger partial charge in [0.05, 0.1) is 6.20 Å². The van der Waals surface area contributed by atoms with E-state index in [1.807, 2.05) is 13.8 Å². The van der Waals surface area contributed by atoms with Gasteiger partial charge in [-0.25, -0.2) is 4.98 Å². The Labute approximate surface area is 92.3 Å². The van der Waals surface area contributed by atoms with E-state index >= 15 is 0 Å². The molecule has 2 heterocycles. The number of nitrogens with one attached hydrogen (secondary N) is 2. The molecule has 0 saturated heterocycles. The van der Waals surface area contributed by atoms with Crippen molar-refractivity contribution in [1.82, 2.24) is 9.97 Å². The molecule has 0 unspecified atom stereocenters. The van der Waals surface area contributed by atoms with E-state index in [1.54, 1.807) is 0 Å². The number of nitrogens with zero attached hydrogens (tertiary/aromatic N) is 2. The molecule has 1 amide bonds. The molecule has 1 aliphatic heterocycles. The molecule has 1 aromatic heterocycles. The molecule has 1 aromatic rings. The Morgan fingerprint density at radius 3 is 3.00 bits per heavy atom. The quantitative estimate of drug-likeness (QED) is 0.715. The monoisotopic (exact) mass is 226 g/mol. The summed E-state index contributed by atoms with van der Waals surface area (Å²) < 4.78 is 0. The van der Waals surface area contributed by atoms with Crippen LogP contribution in [0.25, 0.3) is 0 Å². The first-order valence-corrected chi connectivity index (χ1v) is 5.05. The van der Waals surface area contributed by atoms with Gasteiger partial charge in [-0.1, -0.05) is 6.92 Å². The van der Waals surface area contributed by atoms with Crippen LogP contribution in [0.2, 0.25) is 5.28 Å². The highest BCUT2D eigenvalue weighted by molar-refractivity contribution is 6.28. The van der Waals surface area contributed by atoms with Crippen LogP contribution in [0, 0.1) is 0 Å². The minimum Gasteiger partial charge on any atom is -0.354 e. The van der Waals surface area contributed by atoms with E-state index in [9.17, 15) is 4.79 Å². The van der Waals surface area contributed by atoms with Gasteiger partial charge in [0.15, 0.2) is 5.82 Å². The maximum Gasteiger partial charge on any atom is 0.249 e. The zero-order valence-electron chi connectivity index (χ0n) is 8.47. The molecule has 0 bridgehead atoms. The summed E-state index contributed by atoms with van der Waals surface area (Å²) >= 11 is 5.67. The van der Waals surface area contributed by atoms with E-state index in [0.717, 1.165) is 0 Å². The fourth-order valence-corrected chi connectivity index (χ4v) is 1.51. The first-order valence-electron chi connectivity index (χ1n) is 4.67. The van der Waals surface area contributed by atoms with Crippen LogP contribution in [0.5, 0.6) is 0 Å². The van der Waals surface area contributed by atoms with Gasteiger partial charge >= 0.3 is 0 Å². The minimum atomic E-state index is -0.634. The van der Waals surface area contributed by atoms with Crippen LogP contribution in [-0.2, 0) is 4.79 Å². The first kappa shape index (κ1) is 10.2. The third-order valence-corrected chi connectivity index (χ3v) is 2.79. The molecule has 1 aliphatic rings. The largest absolute Gasteiger partial charge is 0.354 e. The Morgan fingerprint density at radius 2 is 2.33 bits per heavy atom. The normalized spacial score (nSPS) is 24.1. The topological polar surface area (TPSA) is 66.9 Å². The van der Waals surface area contributed by atoms with Crippen molar-refractivity contribution in [3.05, 3.63) is 11.5 Å². The van der Waals surface area contributed by atoms with Gasteiger partial charge in [-0.2, -0.15) is 4.98 Å². The van der Waals surface area contributed by atoms with Crippen molar-refractivity contribution in [3.63, 3.8) is 0 Å². The van der Waals surface area contributed by atoms with Gasteiger partial charge in [0.1, 0.15) is 11.2 Å². The number of amides is 1. The van der Waals surface area contributed by atoms with Gasteiger partial charge in [0.25, 0.3) is 0 Å². The second-order valence-corrected chi connectivity index (χ2v) is 4.00. The number of hydrogen-bond acceptors (Lipinski definition) is 4. The van der Waals surface area contributed by atoms with Crippen LogP contribution in [0.4, 0.5) is 11.5 Å². The third-order valence-electron chi connectivity index (χ3n) is 2.61. The van der Waals surface area contributed by atoms with E-state index in [0.29, 0.717) is 17.9 Å². The van der Waals surface area contributed by atoms with Crippen LogP contribution < -0.4 is 10.6 Å². The van der Waals surface area contributed by atoms with E-state index in [4.69, 9.17) is 11.6 Å². The summed E-state index contributed by atoms with van der Waals surface area (Å²) in [6.07, 6.45) is 2.16. The highest BCUT2D eigenvalue weighted by Crippen LogP contribution is 2.30. The molecule has 1 atom stereocenters. The molecule has 2 rings (SSSR count). The van der Waals surface area contributed by atoms with Gasteiger partial charge in [-0.05, 0) is 24.9 Å². The van der Waals surface area contributed by atoms with E-state index in [2.05, 4.69) is 20.6 Å². The van der Waals surface area contributed by atoms with Crippen molar-refractivity contribution in [2.45, 2.75) is 25.8 Å². The van der Waals surface area contributed by atoms with Gasteiger partial charge < -0.3 is 10.6 Å². The van der Waals surface area contributed by atoms with Crippen molar-refractivity contribution in [3.8, 4) is 0 Å². The van der Waals surface area contributed by atoms with E-state index in [-0.39, 0.29) is 11.2 Å². The van der Waals surface area contributed by atoms with E-state index in [1.165, 1.54) is 6.20 Å². The number of hydrogen-bond donors (Lipinski definition) is 2. The van der Waals surface area contributed by atoms with Crippen LogP contribution in [0.15, 0.2) is 6.20 Å². The van der Waals surface area contributed by atoms with Crippen LogP contribution in [-0.4, -0.2) is 21.4 Å². The lowest BCUT2D eigenvalue weighted by atomic mass is 9.96. The number of carbonyl (C=O) groups is 1. The third kappa shape index (κ3) is 1.63. The molecule has 15 heavy (non-hydrogen) atoms. The van der Waals surface area contributed by atoms with Crippen LogP contribution in [0.1, 0.15) is 20.3 Å². The lowest BCUT2D eigenvalue weighted by Crippen LogP contribution is -2.49. The average Bonchev–Trinajstić information content (AvgIpc) is 2.20. The summed E-state index contributed by atoms with van der Waals surface area (Å²) in [6, 6.07) is 0. The molecule has 0 aliphatic carbocycles. The Hall–Kier alpha value is -1.36. The van der Waals surface area contributed by atoms with Gasteiger partial charge in [0, 0.05) is 0 Å². The number of anilines is 2. The number of carbonyl (C=O) groups excluding carboxylic acids is 1. The average molecular weight is 227 g/mol. The van der Waals surface area contributed by atoms with Crippen LogP contribution in [0.3, 0.4) is 0 Å². The lowest BCUT2D eigenvalue weighted by molar-refractivity contribution is -0.120. The van der Waals surface area contributed by atoms with Gasteiger partial charge in [-0.3, -0.25) is 4.79 Å². The smallest absolute Gasteiger partial charge is 0.249 e. The lowest BCUT2D eigenvalue weighted by Gasteiger charge is -2.33. The number of fused-ring (bicyclic) bond motifs is 1. The summed E-state index contributed by atoms with van der Waals surface area (Å²) in [4.78, 5) is 19.6. The zero-order valence-corrected chi connectivity index (χ0v) is 9.22. The Bertz CT molecular complexity index is 423. The SMILES string of the molecule is CC[C@@]1(C)Nc2nc(Cl)ncc2NC1=O. The highest BCUT2D eigenvalue weighted by atomic mass is 35.5. The summed E-state index contributed by atoms with van der Waals surface area (Å²) in [7, 11) is 0. The minimum absolute atomic E-state index is 0.0802. The molecule has 0 fully saturated rings. The Kier molecular flexibility index (Phi) is 2.26. The molecule has 2 N–H and O–H groups in total. The van der Waals surface area contributed by atoms with Crippen molar-refractivity contribution in [2.24, 2.45) is 0 Å². The Morgan fingerprint density at radius 1 is 1.60 bits per heavy atom. The molecular formula is C9H11ClN4O.